The fourth-order valence-electron chi connectivity index (χ4n) is 3.49. The molecule has 166 valence electrons. The number of amides is 1. The summed E-state index contributed by atoms with van der Waals surface area (Å²) < 4.78 is 5.92. The van der Waals surface area contributed by atoms with Gasteiger partial charge in [0.25, 0.3) is 5.91 Å². The van der Waals surface area contributed by atoms with Gasteiger partial charge in [-0.25, -0.2) is 9.79 Å². The molecule has 6 nitrogen and oxygen atoms in total. The Balaban J connectivity index is 1.49. The van der Waals surface area contributed by atoms with E-state index in [2.05, 4.69) is 0 Å². The van der Waals surface area contributed by atoms with Gasteiger partial charge in [-0.1, -0.05) is 48.5 Å². The van der Waals surface area contributed by atoms with Crippen molar-refractivity contribution in [3.05, 3.63) is 113 Å². The van der Waals surface area contributed by atoms with Gasteiger partial charge >= 0.3 is 5.97 Å². The van der Waals surface area contributed by atoms with Crippen LogP contribution in [0.25, 0.3) is 17.4 Å². The number of aromatic carboxylic acids is 1. The number of para-hydroxylation sites is 2. The van der Waals surface area contributed by atoms with Gasteiger partial charge in [-0.2, -0.15) is 0 Å². The number of thioether (sulfide) groups is 1. The van der Waals surface area contributed by atoms with Crippen LogP contribution in [-0.4, -0.2) is 22.2 Å². The molecule has 1 fully saturated rings. The zero-order chi connectivity index (χ0) is 23.5. The van der Waals surface area contributed by atoms with Crippen molar-refractivity contribution in [3.63, 3.8) is 0 Å². The van der Waals surface area contributed by atoms with Crippen LogP contribution in [0.3, 0.4) is 0 Å². The van der Waals surface area contributed by atoms with Crippen LogP contribution in [0.1, 0.15) is 16.1 Å². The predicted molar refractivity (Wildman–Crippen MR) is 134 cm³/mol. The van der Waals surface area contributed by atoms with Crippen molar-refractivity contribution in [3.8, 4) is 11.3 Å². The molecule has 0 aliphatic carbocycles. The Hall–Kier alpha value is -4.36. The van der Waals surface area contributed by atoms with E-state index in [0.717, 1.165) is 11.4 Å². The second-order valence-corrected chi connectivity index (χ2v) is 8.41. The summed E-state index contributed by atoms with van der Waals surface area (Å²) in [4.78, 5) is 31.4. The minimum Gasteiger partial charge on any atom is -0.478 e. The van der Waals surface area contributed by atoms with Gasteiger partial charge in [0.2, 0.25) is 0 Å². The molecule has 1 N–H and O–H groups in total. The van der Waals surface area contributed by atoms with Crippen LogP contribution < -0.4 is 4.90 Å². The Morgan fingerprint density at radius 1 is 0.912 bits per heavy atom. The molecule has 0 saturated carbocycles. The van der Waals surface area contributed by atoms with Crippen molar-refractivity contribution in [2.24, 2.45) is 4.99 Å². The number of anilines is 1. The first-order valence-electron chi connectivity index (χ1n) is 10.4. The van der Waals surface area contributed by atoms with Crippen molar-refractivity contribution in [2.75, 3.05) is 4.90 Å². The van der Waals surface area contributed by atoms with Crippen molar-refractivity contribution < 1.29 is 19.1 Å². The molecule has 1 amide bonds. The largest absolute Gasteiger partial charge is 0.478 e. The van der Waals surface area contributed by atoms with Gasteiger partial charge in [-0.05, 0) is 60.3 Å². The number of hydrogen-bond donors (Lipinski definition) is 1. The second kappa shape index (κ2) is 9.25. The molecule has 0 atom stereocenters. The van der Waals surface area contributed by atoms with E-state index in [1.165, 1.54) is 17.8 Å². The summed E-state index contributed by atoms with van der Waals surface area (Å²) in [6.45, 7) is 0. The number of benzene rings is 3. The highest BCUT2D eigenvalue weighted by molar-refractivity contribution is 8.19. The molecule has 1 aliphatic rings. The third-order valence-corrected chi connectivity index (χ3v) is 6.06. The lowest BCUT2D eigenvalue weighted by Crippen LogP contribution is -2.28. The number of nitrogens with zero attached hydrogens (tertiary/aromatic N) is 2. The summed E-state index contributed by atoms with van der Waals surface area (Å²) in [7, 11) is 0. The maximum atomic E-state index is 13.4. The van der Waals surface area contributed by atoms with Crippen LogP contribution in [0.2, 0.25) is 0 Å². The molecule has 3 aromatic carbocycles. The maximum absolute atomic E-state index is 13.4. The average Bonchev–Trinajstić information content (AvgIpc) is 3.45. The molecule has 1 aliphatic heterocycles. The number of hydrogen-bond acceptors (Lipinski definition) is 5. The topological polar surface area (TPSA) is 83.1 Å². The number of furan rings is 1. The predicted octanol–water partition coefficient (Wildman–Crippen LogP) is 6.45. The Morgan fingerprint density at radius 2 is 1.65 bits per heavy atom. The van der Waals surface area contributed by atoms with E-state index >= 15 is 0 Å². The van der Waals surface area contributed by atoms with Crippen LogP contribution in [-0.2, 0) is 4.79 Å². The van der Waals surface area contributed by atoms with Crippen molar-refractivity contribution in [1.29, 1.82) is 0 Å². The van der Waals surface area contributed by atoms with Crippen molar-refractivity contribution in [2.45, 2.75) is 0 Å². The van der Waals surface area contributed by atoms with Crippen LogP contribution >= 0.6 is 11.8 Å². The Bertz CT molecular complexity index is 1430. The zero-order valence-electron chi connectivity index (χ0n) is 17.8. The average molecular weight is 467 g/mol. The molecule has 7 heteroatoms. The molecular formula is C27H18N2O4S. The van der Waals surface area contributed by atoms with Crippen LogP contribution in [0.4, 0.5) is 11.4 Å². The highest BCUT2D eigenvalue weighted by Crippen LogP contribution is 2.37. The monoisotopic (exact) mass is 466 g/mol. The number of carbonyl (C=O) groups is 2. The molecular weight excluding hydrogens is 448 g/mol. The summed E-state index contributed by atoms with van der Waals surface area (Å²) in [5.41, 5.74) is 2.30. The van der Waals surface area contributed by atoms with Gasteiger partial charge in [0.15, 0.2) is 5.17 Å². The second-order valence-electron chi connectivity index (χ2n) is 7.40. The highest BCUT2D eigenvalue weighted by atomic mass is 32.2. The minimum atomic E-state index is -1.00. The van der Waals surface area contributed by atoms with Gasteiger partial charge < -0.3 is 9.52 Å². The zero-order valence-corrected chi connectivity index (χ0v) is 18.6. The third kappa shape index (κ3) is 4.42. The molecule has 2 heterocycles. The number of carboxylic acids is 1. The molecule has 0 radical (unpaired) electrons. The van der Waals surface area contributed by atoms with E-state index in [1.807, 2.05) is 60.7 Å². The Morgan fingerprint density at radius 3 is 2.38 bits per heavy atom. The lowest BCUT2D eigenvalue weighted by Gasteiger charge is -2.15. The molecule has 4 aromatic rings. The highest BCUT2D eigenvalue weighted by Gasteiger charge is 2.35. The summed E-state index contributed by atoms with van der Waals surface area (Å²) in [6.07, 6.45) is 1.68. The number of carboxylic acid groups (broad SMARTS) is 1. The molecule has 1 aromatic heterocycles. The Kier molecular flexibility index (Phi) is 5.84. The van der Waals surface area contributed by atoms with Gasteiger partial charge in [0.05, 0.1) is 21.8 Å². The molecule has 1 saturated heterocycles. The molecule has 0 spiro atoms. The molecule has 5 rings (SSSR count). The van der Waals surface area contributed by atoms with Crippen molar-refractivity contribution >= 4 is 46.3 Å². The summed E-state index contributed by atoms with van der Waals surface area (Å²) in [5, 5.41) is 9.78. The maximum Gasteiger partial charge on any atom is 0.335 e. The fraction of sp³-hybridized carbons (Fsp3) is 0. The number of amidine groups is 1. The molecule has 34 heavy (non-hydrogen) atoms. The SMILES string of the molecule is O=C(O)c1cccc(-c2ccc(/C=C3/SC(=Nc4ccccc4)N(c4ccccc4)C3=O)o2)c1. The van der Waals surface area contributed by atoms with E-state index in [9.17, 15) is 14.7 Å². The minimum absolute atomic E-state index is 0.176. The van der Waals surface area contributed by atoms with Gasteiger partial charge in [-0.15, -0.1) is 0 Å². The van der Waals surface area contributed by atoms with Crippen LogP contribution in [0, 0.1) is 0 Å². The van der Waals surface area contributed by atoms with Crippen LogP contribution in [0.15, 0.2) is 111 Å². The first-order valence-corrected chi connectivity index (χ1v) is 11.3. The molecule has 0 bridgehead atoms. The summed E-state index contributed by atoms with van der Waals surface area (Å²) in [5.74, 6) is -0.198. The quantitative estimate of drug-likeness (QED) is 0.342. The normalized spacial score (nSPS) is 15.9. The summed E-state index contributed by atoms with van der Waals surface area (Å²) in [6, 6.07) is 28.9. The van der Waals surface area contributed by atoms with E-state index in [0.29, 0.717) is 27.2 Å². The van der Waals surface area contributed by atoms with E-state index in [1.54, 1.807) is 41.3 Å². The first kappa shape index (κ1) is 21.5. The van der Waals surface area contributed by atoms with Gasteiger partial charge in [-0.3, -0.25) is 9.69 Å². The van der Waals surface area contributed by atoms with Gasteiger partial charge in [0.1, 0.15) is 11.5 Å². The number of aliphatic imine (C=N–C) groups is 1. The Labute approximate surface area is 199 Å². The first-order chi connectivity index (χ1) is 16.6. The lowest BCUT2D eigenvalue weighted by molar-refractivity contribution is -0.113. The third-order valence-electron chi connectivity index (χ3n) is 5.10. The number of rotatable bonds is 5. The van der Waals surface area contributed by atoms with Crippen molar-refractivity contribution in [1.82, 2.24) is 0 Å². The van der Waals surface area contributed by atoms with E-state index < -0.39 is 5.97 Å². The number of carbonyl (C=O) groups excluding carboxylic acids is 1. The van der Waals surface area contributed by atoms with E-state index in [4.69, 9.17) is 9.41 Å². The smallest absolute Gasteiger partial charge is 0.335 e. The summed E-state index contributed by atoms with van der Waals surface area (Å²) >= 11 is 1.27. The molecule has 0 unspecified atom stereocenters. The fourth-order valence-corrected chi connectivity index (χ4v) is 4.47. The van der Waals surface area contributed by atoms with E-state index in [-0.39, 0.29) is 11.5 Å². The van der Waals surface area contributed by atoms with Gasteiger partial charge in [0, 0.05) is 11.6 Å². The van der Waals surface area contributed by atoms with Crippen LogP contribution in [0.5, 0.6) is 0 Å². The standard InChI is InChI=1S/C27H18N2O4S/c30-25-24(17-22-14-15-23(33-22)18-8-7-9-19(16-18)26(31)32)34-27(28-20-10-3-1-4-11-20)29(25)21-12-5-2-6-13-21/h1-17H,(H,31,32)/b24-17+,28-27?. The lowest BCUT2D eigenvalue weighted by atomic mass is 10.1.